The number of aromatic nitrogens is 4. The molecule has 3 heterocycles. The summed E-state index contributed by atoms with van der Waals surface area (Å²) in [5.41, 5.74) is -0.0230. The number of fused-ring (bicyclic) bond motifs is 1. The number of hydrogen-bond donors (Lipinski definition) is 3. The maximum atomic E-state index is 12.1. The average Bonchev–Trinajstić information content (AvgIpc) is 3.08. The molecule has 0 aliphatic carbocycles. The first-order valence-corrected chi connectivity index (χ1v) is 7.11. The summed E-state index contributed by atoms with van der Waals surface area (Å²) in [7, 11) is 3.59. The van der Waals surface area contributed by atoms with Crippen molar-refractivity contribution in [2.24, 2.45) is 4.99 Å². The van der Waals surface area contributed by atoms with E-state index >= 15 is 0 Å². The molecule has 10 nitrogen and oxygen atoms in total. The van der Waals surface area contributed by atoms with E-state index in [1.807, 2.05) is 0 Å². The van der Waals surface area contributed by atoms with Crippen molar-refractivity contribution < 1.29 is 14.9 Å². The molecule has 2 aromatic heterocycles. The number of aliphatic hydroxyl groups excluding tert-OH is 2. The van der Waals surface area contributed by atoms with Crippen LogP contribution in [0.25, 0.3) is 11.2 Å². The van der Waals surface area contributed by atoms with Crippen molar-refractivity contribution in [1.82, 2.24) is 24.4 Å². The second-order valence-corrected chi connectivity index (χ2v) is 5.56. The average molecular weight is 322 g/mol. The van der Waals surface area contributed by atoms with Gasteiger partial charge in [0.25, 0.3) is 5.56 Å². The van der Waals surface area contributed by atoms with E-state index in [9.17, 15) is 9.90 Å². The fourth-order valence-corrected chi connectivity index (χ4v) is 2.43. The lowest BCUT2D eigenvalue weighted by Gasteiger charge is -2.16. The maximum Gasteiger partial charge on any atom is 0.280 e. The van der Waals surface area contributed by atoms with Crippen molar-refractivity contribution >= 4 is 23.5 Å². The zero-order valence-electron chi connectivity index (χ0n) is 12.7. The van der Waals surface area contributed by atoms with Gasteiger partial charge < -0.3 is 19.8 Å². The summed E-state index contributed by atoms with van der Waals surface area (Å²) in [5, 5.41) is 19.3. The Labute approximate surface area is 131 Å². The van der Waals surface area contributed by atoms with Crippen LogP contribution in [0.3, 0.4) is 0 Å². The fraction of sp³-hybridized carbons (Fsp3) is 0.538. The Balaban J connectivity index is 2.03. The third-order valence-corrected chi connectivity index (χ3v) is 3.47. The molecule has 0 spiro atoms. The molecule has 3 atom stereocenters. The van der Waals surface area contributed by atoms with Gasteiger partial charge in [-0.2, -0.15) is 4.98 Å². The largest absolute Gasteiger partial charge is 0.394 e. The van der Waals surface area contributed by atoms with Crippen LogP contribution in [0.4, 0.5) is 5.95 Å². The molecule has 1 saturated heterocycles. The molecule has 23 heavy (non-hydrogen) atoms. The number of rotatable bonds is 4. The molecule has 0 radical (unpaired) electrons. The molecule has 124 valence electrons. The summed E-state index contributed by atoms with van der Waals surface area (Å²) in [6, 6.07) is 0. The number of aromatic amines is 1. The van der Waals surface area contributed by atoms with Gasteiger partial charge in [-0.1, -0.05) is 0 Å². The van der Waals surface area contributed by atoms with E-state index in [2.05, 4.69) is 19.9 Å². The first kappa shape index (κ1) is 15.6. The number of imidazole rings is 1. The predicted octanol–water partition coefficient (Wildman–Crippen LogP) is -1.02. The minimum absolute atomic E-state index is 0.129. The van der Waals surface area contributed by atoms with Gasteiger partial charge in [0, 0.05) is 20.5 Å². The Morgan fingerprint density at radius 1 is 1.61 bits per heavy atom. The van der Waals surface area contributed by atoms with Gasteiger partial charge in [-0.05, 0) is 0 Å². The number of H-pyrrole nitrogens is 1. The van der Waals surface area contributed by atoms with E-state index in [-0.39, 0.29) is 23.7 Å². The lowest BCUT2D eigenvalue weighted by Crippen LogP contribution is -2.20. The molecule has 2 aromatic rings. The molecule has 0 amide bonds. The molecule has 3 N–H and O–H groups in total. The minimum atomic E-state index is -0.820. The van der Waals surface area contributed by atoms with Crippen LogP contribution in [0.15, 0.2) is 16.1 Å². The quantitative estimate of drug-likeness (QED) is 0.485. The summed E-state index contributed by atoms with van der Waals surface area (Å²) < 4.78 is 7.06. The summed E-state index contributed by atoms with van der Waals surface area (Å²) in [5.74, 6) is 0.129. The van der Waals surface area contributed by atoms with Crippen LogP contribution in [0.5, 0.6) is 0 Å². The minimum Gasteiger partial charge on any atom is -0.394 e. The molecule has 0 aromatic carbocycles. The first-order valence-electron chi connectivity index (χ1n) is 7.11. The summed E-state index contributed by atoms with van der Waals surface area (Å²) in [4.78, 5) is 28.7. The van der Waals surface area contributed by atoms with Crippen LogP contribution < -0.4 is 5.56 Å². The summed E-state index contributed by atoms with van der Waals surface area (Å²) >= 11 is 0. The standard InChI is InChI=1S/C13H18N6O4/c1-18(2)5-15-13-16-10-9(11(22)17-13)14-6-19(10)12-8(21)3-7(4-20)23-12/h5-8,12,20-21H,3-4H2,1-2H3,(H,16,17,22)/b15-5+. The monoisotopic (exact) mass is 322 g/mol. The Kier molecular flexibility index (Phi) is 4.11. The number of hydrogen-bond acceptors (Lipinski definition) is 7. The molecule has 10 heteroatoms. The molecule has 0 saturated carbocycles. The normalized spacial score (nSPS) is 24.8. The molecule has 1 aliphatic rings. The highest BCUT2D eigenvalue weighted by atomic mass is 16.5. The van der Waals surface area contributed by atoms with Crippen LogP contribution >= 0.6 is 0 Å². The van der Waals surface area contributed by atoms with E-state index in [4.69, 9.17) is 9.84 Å². The number of nitrogens with one attached hydrogen (secondary N) is 1. The molecule has 1 aliphatic heterocycles. The Bertz CT molecular complexity index is 782. The second-order valence-electron chi connectivity index (χ2n) is 5.56. The molecular formula is C13H18N6O4. The third kappa shape index (κ3) is 2.96. The summed E-state index contributed by atoms with van der Waals surface area (Å²) in [6.07, 6.45) is 1.17. The number of nitrogens with zero attached hydrogens (tertiary/aromatic N) is 5. The van der Waals surface area contributed by atoms with Crippen molar-refractivity contribution in [3.05, 3.63) is 16.7 Å². The number of aliphatic hydroxyl groups is 2. The third-order valence-electron chi connectivity index (χ3n) is 3.47. The zero-order chi connectivity index (χ0) is 16.6. The Hall–Kier alpha value is -2.30. The molecule has 0 bridgehead atoms. The topological polar surface area (TPSA) is 129 Å². The van der Waals surface area contributed by atoms with E-state index in [0.717, 1.165) is 0 Å². The van der Waals surface area contributed by atoms with Crippen LogP contribution in [0, 0.1) is 0 Å². The van der Waals surface area contributed by atoms with Crippen molar-refractivity contribution in [3.8, 4) is 0 Å². The van der Waals surface area contributed by atoms with Gasteiger partial charge in [0.2, 0.25) is 5.95 Å². The zero-order valence-corrected chi connectivity index (χ0v) is 12.7. The van der Waals surface area contributed by atoms with E-state index < -0.39 is 24.0 Å². The van der Waals surface area contributed by atoms with Gasteiger partial charge in [0.1, 0.15) is 6.10 Å². The highest BCUT2D eigenvalue weighted by Gasteiger charge is 2.36. The Morgan fingerprint density at radius 3 is 3.04 bits per heavy atom. The summed E-state index contributed by atoms with van der Waals surface area (Å²) in [6.45, 7) is -0.188. The lowest BCUT2D eigenvalue weighted by atomic mass is 10.2. The van der Waals surface area contributed by atoms with Crippen molar-refractivity contribution in [1.29, 1.82) is 0 Å². The van der Waals surface area contributed by atoms with Crippen molar-refractivity contribution in [2.45, 2.75) is 24.9 Å². The van der Waals surface area contributed by atoms with Crippen molar-refractivity contribution in [3.63, 3.8) is 0 Å². The van der Waals surface area contributed by atoms with Gasteiger partial charge >= 0.3 is 0 Å². The van der Waals surface area contributed by atoms with Gasteiger partial charge in [-0.25, -0.2) is 9.98 Å². The van der Waals surface area contributed by atoms with Crippen LogP contribution in [0.1, 0.15) is 12.6 Å². The molecule has 1 fully saturated rings. The predicted molar refractivity (Wildman–Crippen MR) is 81.6 cm³/mol. The van der Waals surface area contributed by atoms with Gasteiger partial charge in [-0.15, -0.1) is 0 Å². The van der Waals surface area contributed by atoms with Gasteiger partial charge in [-0.3, -0.25) is 14.3 Å². The molecular weight excluding hydrogens is 304 g/mol. The van der Waals surface area contributed by atoms with E-state index in [0.29, 0.717) is 6.42 Å². The number of ether oxygens (including phenoxy) is 1. The van der Waals surface area contributed by atoms with Crippen molar-refractivity contribution in [2.75, 3.05) is 20.7 Å². The maximum absolute atomic E-state index is 12.1. The van der Waals surface area contributed by atoms with Gasteiger partial charge in [0.15, 0.2) is 17.4 Å². The van der Waals surface area contributed by atoms with Crippen LogP contribution in [-0.2, 0) is 4.74 Å². The molecule has 3 unspecified atom stereocenters. The SMILES string of the molecule is CN(C)/C=N/c1nc2c(ncn2C2OC(CO)CC2O)c(=O)[nH]1. The lowest BCUT2D eigenvalue weighted by molar-refractivity contribution is -0.0486. The Morgan fingerprint density at radius 2 is 2.39 bits per heavy atom. The highest BCUT2D eigenvalue weighted by Crippen LogP contribution is 2.30. The van der Waals surface area contributed by atoms with Crippen LogP contribution in [0.2, 0.25) is 0 Å². The highest BCUT2D eigenvalue weighted by molar-refractivity contribution is 5.71. The van der Waals surface area contributed by atoms with Gasteiger partial charge in [0.05, 0.1) is 25.4 Å². The molecule has 3 rings (SSSR count). The van der Waals surface area contributed by atoms with Crippen LogP contribution in [-0.4, -0.2) is 73.9 Å². The second kappa shape index (κ2) is 6.07. The number of aliphatic imine (C=N–C) groups is 1. The van der Waals surface area contributed by atoms with E-state index in [1.54, 1.807) is 19.0 Å². The van der Waals surface area contributed by atoms with E-state index in [1.165, 1.54) is 17.2 Å². The first-order chi connectivity index (χ1) is 11.0. The fourth-order valence-electron chi connectivity index (χ4n) is 2.43. The smallest absolute Gasteiger partial charge is 0.280 e.